The second kappa shape index (κ2) is 7.93. The Morgan fingerprint density at radius 2 is 1.31 bits per heavy atom. The first kappa shape index (κ1) is 18.4. The summed E-state index contributed by atoms with van der Waals surface area (Å²) in [5, 5.41) is 5.61. The molecule has 1 heterocycles. The number of hydrogen-bond donors (Lipinski definition) is 2. The Morgan fingerprint density at radius 3 is 1.97 bits per heavy atom. The van der Waals surface area contributed by atoms with Crippen molar-refractivity contribution in [2.45, 2.75) is 0 Å². The van der Waals surface area contributed by atoms with E-state index in [1.165, 1.54) is 0 Å². The molecule has 0 aliphatic carbocycles. The standard InChI is InChI=1S/C22H18N2O5/c1-27-18-9-7-17(8-10-18)23-21(25)14-2-5-16(6-3-14)24-22(26)15-4-11-19-20(12-15)29-13-28-19/h2-12H,13H2,1H3,(H,23,25)(H,24,26). The Bertz CT molecular complexity index is 1050. The number of nitrogens with one attached hydrogen (secondary N) is 2. The summed E-state index contributed by atoms with van der Waals surface area (Å²) in [4.78, 5) is 24.8. The minimum atomic E-state index is -0.279. The number of carbonyl (C=O) groups is 2. The van der Waals surface area contributed by atoms with Crippen molar-refractivity contribution < 1.29 is 23.8 Å². The second-order valence-electron chi connectivity index (χ2n) is 6.28. The van der Waals surface area contributed by atoms with Gasteiger partial charge < -0.3 is 24.8 Å². The van der Waals surface area contributed by atoms with E-state index >= 15 is 0 Å². The summed E-state index contributed by atoms with van der Waals surface area (Å²) in [5.74, 6) is 1.35. The minimum absolute atomic E-state index is 0.153. The molecule has 0 unspecified atom stereocenters. The zero-order chi connectivity index (χ0) is 20.2. The lowest BCUT2D eigenvalue weighted by Gasteiger charge is -2.08. The van der Waals surface area contributed by atoms with E-state index in [-0.39, 0.29) is 18.6 Å². The summed E-state index contributed by atoms with van der Waals surface area (Å²) in [6.07, 6.45) is 0. The van der Waals surface area contributed by atoms with Crippen LogP contribution in [0.25, 0.3) is 0 Å². The molecule has 0 spiro atoms. The van der Waals surface area contributed by atoms with E-state index in [1.54, 1.807) is 73.8 Å². The van der Waals surface area contributed by atoms with E-state index in [4.69, 9.17) is 14.2 Å². The van der Waals surface area contributed by atoms with Crippen LogP contribution in [0.2, 0.25) is 0 Å². The predicted molar refractivity (Wildman–Crippen MR) is 108 cm³/mol. The van der Waals surface area contributed by atoms with Gasteiger partial charge in [0, 0.05) is 22.5 Å². The number of amides is 2. The molecule has 7 heteroatoms. The van der Waals surface area contributed by atoms with Crippen molar-refractivity contribution in [1.29, 1.82) is 0 Å². The highest BCUT2D eigenvalue weighted by molar-refractivity contribution is 6.06. The minimum Gasteiger partial charge on any atom is -0.497 e. The van der Waals surface area contributed by atoms with Crippen LogP contribution in [0.15, 0.2) is 66.7 Å². The third kappa shape index (κ3) is 4.14. The van der Waals surface area contributed by atoms with Crippen LogP contribution < -0.4 is 24.8 Å². The van der Waals surface area contributed by atoms with Crippen molar-refractivity contribution in [3.63, 3.8) is 0 Å². The maximum atomic E-state index is 12.4. The lowest BCUT2D eigenvalue weighted by atomic mass is 10.1. The highest BCUT2D eigenvalue weighted by atomic mass is 16.7. The fraction of sp³-hybridized carbons (Fsp3) is 0.0909. The maximum Gasteiger partial charge on any atom is 0.255 e. The summed E-state index contributed by atoms with van der Waals surface area (Å²) < 4.78 is 15.6. The molecule has 3 aromatic rings. The average molecular weight is 390 g/mol. The van der Waals surface area contributed by atoms with Gasteiger partial charge >= 0.3 is 0 Å². The molecule has 3 aromatic carbocycles. The molecule has 0 atom stereocenters. The Kier molecular flexibility index (Phi) is 5.03. The van der Waals surface area contributed by atoms with Gasteiger partial charge in [-0.1, -0.05) is 0 Å². The van der Waals surface area contributed by atoms with Crippen molar-refractivity contribution >= 4 is 23.2 Å². The molecule has 4 rings (SSSR count). The fourth-order valence-corrected chi connectivity index (χ4v) is 2.82. The van der Waals surface area contributed by atoms with E-state index in [0.717, 1.165) is 0 Å². The normalized spacial score (nSPS) is 11.6. The van der Waals surface area contributed by atoms with Gasteiger partial charge in [-0.25, -0.2) is 0 Å². The third-order valence-electron chi connectivity index (χ3n) is 4.39. The molecule has 0 radical (unpaired) electrons. The number of hydrogen-bond acceptors (Lipinski definition) is 5. The lowest BCUT2D eigenvalue weighted by Crippen LogP contribution is -2.13. The first-order valence-electron chi connectivity index (χ1n) is 8.89. The van der Waals surface area contributed by atoms with Crippen LogP contribution in [0.1, 0.15) is 20.7 Å². The second-order valence-corrected chi connectivity index (χ2v) is 6.28. The number of ether oxygens (including phenoxy) is 3. The van der Waals surface area contributed by atoms with Crippen molar-refractivity contribution in [2.75, 3.05) is 24.5 Å². The molecule has 0 saturated carbocycles. The summed E-state index contributed by atoms with van der Waals surface area (Å²) in [6.45, 7) is 0.153. The van der Waals surface area contributed by atoms with Gasteiger partial charge in [0.15, 0.2) is 11.5 Å². The smallest absolute Gasteiger partial charge is 0.255 e. The van der Waals surface area contributed by atoms with Gasteiger partial charge in [-0.05, 0) is 66.7 Å². The van der Waals surface area contributed by atoms with Crippen LogP contribution >= 0.6 is 0 Å². The van der Waals surface area contributed by atoms with Gasteiger partial charge in [0.2, 0.25) is 6.79 Å². The lowest BCUT2D eigenvalue weighted by molar-refractivity contribution is 0.101. The number of fused-ring (bicyclic) bond motifs is 1. The Morgan fingerprint density at radius 1 is 0.759 bits per heavy atom. The largest absolute Gasteiger partial charge is 0.497 e. The molecule has 29 heavy (non-hydrogen) atoms. The number of carbonyl (C=O) groups excluding carboxylic acids is 2. The highest BCUT2D eigenvalue weighted by Crippen LogP contribution is 2.32. The van der Waals surface area contributed by atoms with Crippen LogP contribution in [-0.2, 0) is 0 Å². The Balaban J connectivity index is 1.39. The van der Waals surface area contributed by atoms with E-state index in [2.05, 4.69) is 10.6 Å². The SMILES string of the molecule is COc1ccc(NC(=O)c2ccc(NC(=O)c3ccc4c(c3)OCO4)cc2)cc1. The molecule has 0 bridgehead atoms. The predicted octanol–water partition coefficient (Wildman–Crippen LogP) is 3.93. The van der Waals surface area contributed by atoms with E-state index < -0.39 is 0 Å². The number of anilines is 2. The Hall–Kier alpha value is -4.00. The van der Waals surface area contributed by atoms with Crippen molar-refractivity contribution in [2.24, 2.45) is 0 Å². The monoisotopic (exact) mass is 390 g/mol. The molecule has 146 valence electrons. The van der Waals surface area contributed by atoms with Crippen LogP contribution in [0, 0.1) is 0 Å². The molecule has 1 aliphatic heterocycles. The molecule has 7 nitrogen and oxygen atoms in total. The molecule has 0 fully saturated rings. The fourth-order valence-electron chi connectivity index (χ4n) is 2.82. The number of methoxy groups -OCH3 is 1. The van der Waals surface area contributed by atoms with Crippen molar-refractivity contribution in [1.82, 2.24) is 0 Å². The topological polar surface area (TPSA) is 85.9 Å². The highest BCUT2D eigenvalue weighted by Gasteiger charge is 2.16. The summed E-state index contributed by atoms with van der Waals surface area (Å²) in [6, 6.07) is 18.7. The number of rotatable bonds is 5. The van der Waals surface area contributed by atoms with Gasteiger partial charge in [-0.3, -0.25) is 9.59 Å². The van der Waals surface area contributed by atoms with Crippen LogP contribution in [0.4, 0.5) is 11.4 Å². The van der Waals surface area contributed by atoms with Gasteiger partial charge in [-0.15, -0.1) is 0 Å². The van der Waals surface area contributed by atoms with E-state index in [1.807, 2.05) is 0 Å². The first-order chi connectivity index (χ1) is 14.1. The Labute approximate surface area is 167 Å². The molecule has 0 saturated heterocycles. The molecule has 2 amide bonds. The van der Waals surface area contributed by atoms with Crippen molar-refractivity contribution in [3.05, 3.63) is 77.9 Å². The average Bonchev–Trinajstić information content (AvgIpc) is 3.22. The zero-order valence-electron chi connectivity index (χ0n) is 15.6. The van der Waals surface area contributed by atoms with Gasteiger partial charge in [0.1, 0.15) is 5.75 Å². The molecular formula is C22H18N2O5. The van der Waals surface area contributed by atoms with Crippen molar-refractivity contribution in [3.8, 4) is 17.2 Å². The summed E-state index contributed by atoms with van der Waals surface area (Å²) in [5.41, 5.74) is 2.17. The quantitative estimate of drug-likeness (QED) is 0.689. The number of benzene rings is 3. The van der Waals surface area contributed by atoms with Crippen LogP contribution in [0.3, 0.4) is 0 Å². The first-order valence-corrected chi connectivity index (χ1v) is 8.89. The molecule has 0 aromatic heterocycles. The molecular weight excluding hydrogens is 372 g/mol. The summed E-state index contributed by atoms with van der Waals surface area (Å²) in [7, 11) is 1.58. The molecule has 1 aliphatic rings. The van der Waals surface area contributed by atoms with Gasteiger partial charge in [-0.2, -0.15) is 0 Å². The van der Waals surface area contributed by atoms with Gasteiger partial charge in [0.05, 0.1) is 7.11 Å². The maximum absolute atomic E-state index is 12.4. The van der Waals surface area contributed by atoms with E-state index in [0.29, 0.717) is 39.8 Å². The molecule has 2 N–H and O–H groups in total. The van der Waals surface area contributed by atoms with E-state index in [9.17, 15) is 9.59 Å². The summed E-state index contributed by atoms with van der Waals surface area (Å²) >= 11 is 0. The van der Waals surface area contributed by atoms with Crippen LogP contribution in [-0.4, -0.2) is 25.7 Å². The third-order valence-corrected chi connectivity index (χ3v) is 4.39. The zero-order valence-corrected chi connectivity index (χ0v) is 15.6. The van der Waals surface area contributed by atoms with Crippen LogP contribution in [0.5, 0.6) is 17.2 Å². The van der Waals surface area contributed by atoms with Gasteiger partial charge in [0.25, 0.3) is 11.8 Å².